The minimum absolute atomic E-state index is 0.193. The van der Waals surface area contributed by atoms with Crippen molar-refractivity contribution in [2.45, 2.75) is 19.4 Å². The number of benzene rings is 2. The van der Waals surface area contributed by atoms with Crippen LogP contribution in [0.25, 0.3) is 10.8 Å². The molecule has 3 rings (SSSR count). The quantitative estimate of drug-likeness (QED) is 0.791. The van der Waals surface area contributed by atoms with Gasteiger partial charge in [-0.25, -0.2) is 0 Å². The number of methoxy groups -OCH3 is 1. The molecule has 1 nitrogen and oxygen atoms in total. The van der Waals surface area contributed by atoms with Crippen molar-refractivity contribution in [3.8, 4) is 0 Å². The molecular weight excluding hydrogens is 244 g/mol. The van der Waals surface area contributed by atoms with Gasteiger partial charge in [0, 0.05) is 13.0 Å². The molecule has 0 N–H and O–H groups in total. The first-order valence-corrected chi connectivity index (χ1v) is 7.16. The summed E-state index contributed by atoms with van der Waals surface area (Å²) in [5.74, 6) is 0.440. The molecule has 2 aromatic carbocycles. The van der Waals surface area contributed by atoms with Gasteiger partial charge in [0.25, 0.3) is 0 Å². The predicted molar refractivity (Wildman–Crippen MR) is 84.8 cm³/mol. The summed E-state index contributed by atoms with van der Waals surface area (Å²) in [6.45, 7) is 2.21. The van der Waals surface area contributed by atoms with E-state index in [-0.39, 0.29) is 6.10 Å². The SMILES string of the molecule is COC1C(Cc2cccc3ccccc23)=CC=CC1C. The fourth-order valence-corrected chi connectivity index (χ4v) is 3.08. The van der Waals surface area contributed by atoms with Crippen LogP contribution in [0.15, 0.2) is 66.3 Å². The van der Waals surface area contributed by atoms with Crippen molar-refractivity contribution in [1.29, 1.82) is 0 Å². The standard InChI is InChI=1S/C19H20O/c1-14-7-5-11-17(19(14)20-2)13-16-10-6-9-15-8-3-4-12-18(15)16/h3-12,14,19H,13H2,1-2H3. The first-order chi connectivity index (χ1) is 9.79. The summed E-state index contributed by atoms with van der Waals surface area (Å²) in [4.78, 5) is 0. The van der Waals surface area contributed by atoms with Crippen molar-refractivity contribution in [3.05, 3.63) is 71.8 Å². The van der Waals surface area contributed by atoms with Crippen LogP contribution in [0.4, 0.5) is 0 Å². The molecule has 0 aliphatic heterocycles. The van der Waals surface area contributed by atoms with Crippen molar-refractivity contribution in [2.24, 2.45) is 5.92 Å². The highest BCUT2D eigenvalue weighted by Crippen LogP contribution is 2.27. The lowest BCUT2D eigenvalue weighted by Crippen LogP contribution is -2.24. The van der Waals surface area contributed by atoms with Crippen LogP contribution in [0, 0.1) is 5.92 Å². The van der Waals surface area contributed by atoms with Gasteiger partial charge in [-0.15, -0.1) is 0 Å². The Morgan fingerprint density at radius 1 is 1.05 bits per heavy atom. The molecule has 0 heterocycles. The average molecular weight is 264 g/mol. The molecule has 0 radical (unpaired) electrons. The predicted octanol–water partition coefficient (Wildman–Crippen LogP) is 4.53. The average Bonchev–Trinajstić information content (AvgIpc) is 2.48. The van der Waals surface area contributed by atoms with Crippen LogP contribution in [-0.2, 0) is 11.2 Å². The van der Waals surface area contributed by atoms with E-state index in [4.69, 9.17) is 4.74 Å². The largest absolute Gasteiger partial charge is 0.376 e. The van der Waals surface area contributed by atoms with Crippen LogP contribution in [0.2, 0.25) is 0 Å². The van der Waals surface area contributed by atoms with Crippen molar-refractivity contribution in [1.82, 2.24) is 0 Å². The number of hydrogen-bond acceptors (Lipinski definition) is 1. The molecule has 0 fully saturated rings. The van der Waals surface area contributed by atoms with Gasteiger partial charge in [0.2, 0.25) is 0 Å². The van der Waals surface area contributed by atoms with E-state index in [1.54, 1.807) is 7.11 Å². The number of ether oxygens (including phenoxy) is 1. The second kappa shape index (κ2) is 5.64. The van der Waals surface area contributed by atoms with Crippen LogP contribution in [0.5, 0.6) is 0 Å². The minimum Gasteiger partial charge on any atom is -0.376 e. The molecule has 1 aliphatic carbocycles. The molecule has 20 heavy (non-hydrogen) atoms. The lowest BCUT2D eigenvalue weighted by molar-refractivity contribution is 0.100. The van der Waals surface area contributed by atoms with Crippen molar-refractivity contribution in [2.75, 3.05) is 7.11 Å². The maximum Gasteiger partial charge on any atom is 0.0847 e. The molecular formula is C19H20O. The van der Waals surface area contributed by atoms with Crippen LogP contribution in [0.3, 0.4) is 0 Å². The Bertz CT molecular complexity index is 661. The maximum absolute atomic E-state index is 5.68. The summed E-state index contributed by atoms with van der Waals surface area (Å²) in [5.41, 5.74) is 2.73. The maximum atomic E-state index is 5.68. The number of hydrogen-bond donors (Lipinski definition) is 0. The molecule has 102 valence electrons. The van der Waals surface area contributed by atoms with Gasteiger partial charge < -0.3 is 4.74 Å². The molecule has 2 unspecified atom stereocenters. The molecule has 1 aliphatic rings. The highest BCUT2D eigenvalue weighted by atomic mass is 16.5. The lowest BCUT2D eigenvalue weighted by atomic mass is 9.87. The Morgan fingerprint density at radius 2 is 1.85 bits per heavy atom. The fraction of sp³-hybridized carbons (Fsp3) is 0.263. The lowest BCUT2D eigenvalue weighted by Gasteiger charge is -2.26. The molecule has 0 aromatic heterocycles. The smallest absolute Gasteiger partial charge is 0.0847 e. The Morgan fingerprint density at radius 3 is 2.70 bits per heavy atom. The summed E-state index contributed by atoms with van der Waals surface area (Å²) in [6.07, 6.45) is 7.71. The molecule has 0 saturated heterocycles. The highest BCUT2D eigenvalue weighted by molar-refractivity contribution is 5.85. The van der Waals surface area contributed by atoms with Gasteiger partial charge in [-0.2, -0.15) is 0 Å². The summed E-state index contributed by atoms with van der Waals surface area (Å²) >= 11 is 0. The van der Waals surface area contributed by atoms with Gasteiger partial charge >= 0.3 is 0 Å². The van der Waals surface area contributed by atoms with E-state index in [9.17, 15) is 0 Å². The third kappa shape index (κ3) is 2.41. The van der Waals surface area contributed by atoms with Gasteiger partial charge in [-0.05, 0) is 28.3 Å². The third-order valence-corrected chi connectivity index (χ3v) is 4.10. The molecule has 0 amide bonds. The second-order valence-electron chi connectivity index (χ2n) is 5.46. The van der Waals surface area contributed by atoms with E-state index in [0.29, 0.717) is 5.92 Å². The molecule has 2 atom stereocenters. The molecule has 2 aromatic rings. The number of fused-ring (bicyclic) bond motifs is 1. The van der Waals surface area contributed by atoms with E-state index in [1.165, 1.54) is 21.9 Å². The van der Waals surface area contributed by atoms with Gasteiger partial charge in [-0.1, -0.05) is 67.6 Å². The zero-order valence-corrected chi connectivity index (χ0v) is 12.0. The zero-order chi connectivity index (χ0) is 13.9. The van der Waals surface area contributed by atoms with E-state index >= 15 is 0 Å². The van der Waals surface area contributed by atoms with Crippen LogP contribution in [0.1, 0.15) is 12.5 Å². The number of rotatable bonds is 3. The first kappa shape index (κ1) is 13.1. The highest BCUT2D eigenvalue weighted by Gasteiger charge is 2.21. The van der Waals surface area contributed by atoms with E-state index in [0.717, 1.165) is 6.42 Å². The van der Waals surface area contributed by atoms with Gasteiger partial charge in [0.1, 0.15) is 0 Å². The molecule has 0 spiro atoms. The van der Waals surface area contributed by atoms with Gasteiger partial charge in [0.05, 0.1) is 6.10 Å². The topological polar surface area (TPSA) is 9.23 Å². The third-order valence-electron chi connectivity index (χ3n) is 4.10. The normalized spacial score (nSPS) is 22.0. The molecule has 0 saturated carbocycles. The fourth-order valence-electron chi connectivity index (χ4n) is 3.08. The van der Waals surface area contributed by atoms with E-state index in [1.807, 2.05) is 0 Å². The molecule has 0 bridgehead atoms. The van der Waals surface area contributed by atoms with E-state index in [2.05, 4.69) is 67.6 Å². The monoisotopic (exact) mass is 264 g/mol. The van der Waals surface area contributed by atoms with Gasteiger partial charge in [0.15, 0.2) is 0 Å². The van der Waals surface area contributed by atoms with E-state index < -0.39 is 0 Å². The Kier molecular flexibility index (Phi) is 3.70. The van der Waals surface area contributed by atoms with Crippen molar-refractivity contribution in [3.63, 3.8) is 0 Å². The summed E-state index contributed by atoms with van der Waals surface area (Å²) in [5, 5.41) is 2.65. The molecule has 1 heteroatoms. The zero-order valence-electron chi connectivity index (χ0n) is 12.0. The summed E-state index contributed by atoms with van der Waals surface area (Å²) in [6, 6.07) is 15.1. The Hall–Kier alpha value is -1.86. The van der Waals surface area contributed by atoms with Crippen LogP contribution in [-0.4, -0.2) is 13.2 Å². The Balaban J connectivity index is 1.97. The second-order valence-corrected chi connectivity index (χ2v) is 5.46. The minimum atomic E-state index is 0.193. The van der Waals surface area contributed by atoms with Gasteiger partial charge in [-0.3, -0.25) is 0 Å². The first-order valence-electron chi connectivity index (χ1n) is 7.16. The van der Waals surface area contributed by atoms with Crippen LogP contribution >= 0.6 is 0 Å². The number of allylic oxidation sites excluding steroid dienone is 2. The summed E-state index contributed by atoms with van der Waals surface area (Å²) < 4.78 is 5.68. The Labute approximate surface area is 120 Å². The van der Waals surface area contributed by atoms with Crippen molar-refractivity contribution < 1.29 is 4.74 Å². The van der Waals surface area contributed by atoms with Crippen molar-refractivity contribution >= 4 is 10.8 Å². The summed E-state index contributed by atoms with van der Waals surface area (Å²) in [7, 11) is 1.80. The van der Waals surface area contributed by atoms with Crippen LogP contribution < -0.4 is 0 Å².